The highest BCUT2D eigenvalue weighted by molar-refractivity contribution is 5.74. The summed E-state index contributed by atoms with van der Waals surface area (Å²) >= 11 is 0. The van der Waals surface area contributed by atoms with Gasteiger partial charge in [0.05, 0.1) is 12.8 Å². The number of carbonyl (C=O) groups is 1. The number of amides is 1. The summed E-state index contributed by atoms with van der Waals surface area (Å²) in [6, 6.07) is 4.82. The van der Waals surface area contributed by atoms with Crippen molar-refractivity contribution >= 4 is 5.91 Å². The van der Waals surface area contributed by atoms with E-state index in [0.29, 0.717) is 12.1 Å². The average molecular weight is 303 g/mol. The molecule has 5 nitrogen and oxygen atoms in total. The van der Waals surface area contributed by atoms with Crippen molar-refractivity contribution in [2.75, 3.05) is 20.2 Å². The van der Waals surface area contributed by atoms with Crippen molar-refractivity contribution < 1.29 is 9.53 Å². The van der Waals surface area contributed by atoms with Crippen LogP contribution in [0.2, 0.25) is 0 Å². The number of aromatic nitrogens is 1. The minimum atomic E-state index is 0.217. The van der Waals surface area contributed by atoms with E-state index < -0.39 is 0 Å². The lowest BCUT2D eigenvalue weighted by molar-refractivity contribution is -0.130. The van der Waals surface area contributed by atoms with E-state index in [1.54, 1.807) is 20.2 Å². The third kappa shape index (κ3) is 3.58. The molecule has 0 N–H and O–H groups in total. The number of hydrogen-bond donors (Lipinski definition) is 0. The van der Waals surface area contributed by atoms with Crippen molar-refractivity contribution in [1.29, 1.82) is 0 Å². The summed E-state index contributed by atoms with van der Waals surface area (Å²) in [6.07, 6.45) is 6.50. The second-order valence-electron chi connectivity index (χ2n) is 6.36. The molecule has 0 radical (unpaired) electrons. The maximum atomic E-state index is 11.8. The van der Waals surface area contributed by atoms with Crippen molar-refractivity contribution in [1.82, 2.24) is 14.8 Å². The van der Waals surface area contributed by atoms with Gasteiger partial charge in [-0.3, -0.25) is 14.7 Å². The molecule has 1 aromatic rings. The van der Waals surface area contributed by atoms with Crippen LogP contribution in [-0.4, -0.2) is 53.0 Å². The Kier molecular flexibility index (Phi) is 4.62. The molecule has 2 aliphatic rings. The number of carbonyl (C=O) groups excluding carboxylic acids is 1. The highest BCUT2D eigenvalue weighted by Crippen LogP contribution is 2.29. The number of likely N-dealkylation sites (tertiary alicyclic amines) is 1. The van der Waals surface area contributed by atoms with Gasteiger partial charge in [0, 0.05) is 44.4 Å². The first-order chi connectivity index (χ1) is 10.7. The van der Waals surface area contributed by atoms with E-state index in [9.17, 15) is 4.79 Å². The molecule has 1 saturated heterocycles. The number of methoxy groups -OCH3 is 1. The molecule has 120 valence electrons. The van der Waals surface area contributed by atoms with Gasteiger partial charge in [-0.2, -0.15) is 0 Å². The first-order valence-corrected chi connectivity index (χ1v) is 8.17. The van der Waals surface area contributed by atoms with E-state index in [-0.39, 0.29) is 5.91 Å². The quantitative estimate of drug-likeness (QED) is 0.807. The number of rotatable bonds is 6. The summed E-state index contributed by atoms with van der Waals surface area (Å²) in [6.45, 7) is 4.48. The fraction of sp³-hybridized carbons (Fsp3) is 0.647. The smallest absolute Gasteiger partial charge is 0.219 e. The number of ether oxygens (including phenoxy) is 1. The Hall–Kier alpha value is -1.62. The molecule has 2 fully saturated rings. The maximum absolute atomic E-state index is 11.8. The third-order valence-electron chi connectivity index (χ3n) is 4.69. The van der Waals surface area contributed by atoms with Crippen molar-refractivity contribution in [3.05, 3.63) is 24.0 Å². The van der Waals surface area contributed by atoms with Crippen molar-refractivity contribution in [2.45, 2.75) is 51.2 Å². The van der Waals surface area contributed by atoms with Crippen LogP contribution >= 0.6 is 0 Å². The van der Waals surface area contributed by atoms with Gasteiger partial charge in [0.15, 0.2) is 0 Å². The molecule has 0 unspecified atom stereocenters. The van der Waals surface area contributed by atoms with Crippen LogP contribution in [0.15, 0.2) is 18.3 Å². The molecule has 3 rings (SSSR count). The fourth-order valence-corrected chi connectivity index (χ4v) is 3.34. The Balaban J connectivity index is 1.63. The van der Waals surface area contributed by atoms with E-state index in [1.807, 2.05) is 12.1 Å². The molecule has 1 saturated carbocycles. The van der Waals surface area contributed by atoms with Gasteiger partial charge in [-0.1, -0.05) is 0 Å². The summed E-state index contributed by atoms with van der Waals surface area (Å²) in [7, 11) is 1.68. The van der Waals surface area contributed by atoms with E-state index in [1.165, 1.54) is 25.7 Å². The molecular weight excluding hydrogens is 278 g/mol. The predicted molar refractivity (Wildman–Crippen MR) is 84.6 cm³/mol. The SMILES string of the molecule is COc1ccnc(CN2CCC[C@@H]2CN(C(C)=O)C2CC2)c1. The van der Waals surface area contributed by atoms with Crippen LogP contribution in [0.25, 0.3) is 0 Å². The van der Waals surface area contributed by atoms with Gasteiger partial charge < -0.3 is 9.64 Å². The highest BCUT2D eigenvalue weighted by Gasteiger charge is 2.35. The summed E-state index contributed by atoms with van der Waals surface area (Å²) in [4.78, 5) is 20.8. The molecular formula is C17H25N3O2. The normalized spacial score (nSPS) is 21.8. The van der Waals surface area contributed by atoms with Crippen LogP contribution in [0.3, 0.4) is 0 Å². The molecule has 0 aromatic carbocycles. The van der Waals surface area contributed by atoms with Crippen molar-refractivity contribution in [3.8, 4) is 5.75 Å². The minimum absolute atomic E-state index is 0.217. The molecule has 1 aliphatic carbocycles. The standard InChI is InChI=1S/C17H25N3O2/c1-13(21)20(15-5-6-15)12-16-4-3-9-19(16)11-14-10-17(22-2)7-8-18-14/h7-8,10,15-16H,3-6,9,11-12H2,1-2H3/t16-/m1/s1. The fourth-order valence-electron chi connectivity index (χ4n) is 3.34. The topological polar surface area (TPSA) is 45.7 Å². The Morgan fingerprint density at radius 2 is 2.27 bits per heavy atom. The van der Waals surface area contributed by atoms with Crippen LogP contribution in [-0.2, 0) is 11.3 Å². The van der Waals surface area contributed by atoms with Gasteiger partial charge in [0.2, 0.25) is 5.91 Å². The monoisotopic (exact) mass is 303 g/mol. The van der Waals surface area contributed by atoms with Crippen molar-refractivity contribution in [3.63, 3.8) is 0 Å². The van der Waals surface area contributed by atoms with Gasteiger partial charge in [-0.15, -0.1) is 0 Å². The van der Waals surface area contributed by atoms with E-state index in [0.717, 1.165) is 31.1 Å². The van der Waals surface area contributed by atoms with Gasteiger partial charge in [-0.05, 0) is 38.3 Å². The lowest BCUT2D eigenvalue weighted by Gasteiger charge is -2.30. The van der Waals surface area contributed by atoms with Gasteiger partial charge in [0.25, 0.3) is 0 Å². The second kappa shape index (κ2) is 6.65. The first kappa shape index (κ1) is 15.3. The summed E-state index contributed by atoms with van der Waals surface area (Å²) in [5.74, 6) is 1.07. The largest absolute Gasteiger partial charge is 0.497 e. The molecule has 5 heteroatoms. The third-order valence-corrected chi connectivity index (χ3v) is 4.69. The average Bonchev–Trinajstić information content (AvgIpc) is 3.26. The maximum Gasteiger partial charge on any atom is 0.219 e. The lowest BCUT2D eigenvalue weighted by Crippen LogP contribution is -2.43. The Labute approximate surface area is 132 Å². The molecule has 0 spiro atoms. The van der Waals surface area contributed by atoms with Crippen LogP contribution in [0.1, 0.15) is 38.3 Å². The van der Waals surface area contributed by atoms with E-state index in [2.05, 4.69) is 14.8 Å². The molecule has 1 aliphatic heterocycles. The van der Waals surface area contributed by atoms with Gasteiger partial charge in [-0.25, -0.2) is 0 Å². The molecule has 22 heavy (non-hydrogen) atoms. The number of nitrogens with zero attached hydrogens (tertiary/aromatic N) is 3. The summed E-state index contributed by atoms with van der Waals surface area (Å²) < 4.78 is 5.27. The van der Waals surface area contributed by atoms with Crippen LogP contribution in [0.4, 0.5) is 0 Å². The molecule has 1 amide bonds. The molecule has 1 aromatic heterocycles. The summed E-state index contributed by atoms with van der Waals surface area (Å²) in [5, 5.41) is 0. The zero-order valence-corrected chi connectivity index (χ0v) is 13.5. The van der Waals surface area contributed by atoms with Crippen LogP contribution in [0.5, 0.6) is 5.75 Å². The molecule has 1 atom stereocenters. The van der Waals surface area contributed by atoms with Crippen LogP contribution in [0, 0.1) is 0 Å². The Morgan fingerprint density at radius 1 is 1.45 bits per heavy atom. The van der Waals surface area contributed by atoms with Gasteiger partial charge >= 0.3 is 0 Å². The Bertz CT molecular complexity index is 530. The first-order valence-electron chi connectivity index (χ1n) is 8.17. The number of hydrogen-bond acceptors (Lipinski definition) is 4. The minimum Gasteiger partial charge on any atom is -0.497 e. The number of pyridine rings is 1. The summed E-state index contributed by atoms with van der Waals surface area (Å²) in [5.41, 5.74) is 1.03. The zero-order chi connectivity index (χ0) is 15.5. The molecule has 2 heterocycles. The predicted octanol–water partition coefficient (Wildman–Crippen LogP) is 2.07. The second-order valence-corrected chi connectivity index (χ2v) is 6.36. The van der Waals surface area contributed by atoms with Crippen molar-refractivity contribution in [2.24, 2.45) is 0 Å². The van der Waals surface area contributed by atoms with Crippen LogP contribution < -0.4 is 4.74 Å². The highest BCUT2D eigenvalue weighted by atomic mass is 16.5. The Morgan fingerprint density at radius 3 is 2.95 bits per heavy atom. The van der Waals surface area contributed by atoms with Gasteiger partial charge in [0.1, 0.15) is 5.75 Å². The zero-order valence-electron chi connectivity index (χ0n) is 13.5. The van der Waals surface area contributed by atoms with E-state index >= 15 is 0 Å². The van der Waals surface area contributed by atoms with E-state index in [4.69, 9.17) is 4.74 Å². The molecule has 0 bridgehead atoms. The lowest BCUT2D eigenvalue weighted by atomic mass is 10.2.